The molecule has 2 aromatic rings. The minimum absolute atomic E-state index is 0.526. The molecule has 0 aliphatic heterocycles. The number of benzene rings is 1. The van der Waals surface area contributed by atoms with Gasteiger partial charge < -0.3 is 10.1 Å². The highest BCUT2D eigenvalue weighted by Gasteiger charge is 2.06. The number of aromatic nitrogens is 2. The number of nitrogens with one attached hydrogen (secondary N) is 1. The van der Waals surface area contributed by atoms with Crippen molar-refractivity contribution in [2.24, 2.45) is 0 Å². The first kappa shape index (κ1) is 14.6. The molecule has 4 nitrogen and oxygen atoms in total. The lowest BCUT2D eigenvalue weighted by molar-refractivity contribution is 0.459. The zero-order valence-corrected chi connectivity index (χ0v) is 12.7. The van der Waals surface area contributed by atoms with E-state index in [9.17, 15) is 0 Å². The molecule has 0 saturated heterocycles. The van der Waals surface area contributed by atoms with Gasteiger partial charge in [0.15, 0.2) is 0 Å². The lowest BCUT2D eigenvalue weighted by atomic mass is 10.1. The van der Waals surface area contributed by atoms with E-state index in [4.69, 9.17) is 16.3 Å². The van der Waals surface area contributed by atoms with Crippen molar-refractivity contribution in [2.45, 2.75) is 27.2 Å². The third-order valence-corrected chi connectivity index (χ3v) is 3.16. The van der Waals surface area contributed by atoms with Crippen LogP contribution < -0.4 is 10.1 Å². The third kappa shape index (κ3) is 3.61. The first-order valence-electron chi connectivity index (χ1n) is 6.68. The fraction of sp³-hybridized carbons (Fsp3) is 0.333. The number of hydrogen-bond donors (Lipinski definition) is 1. The smallest absolute Gasteiger partial charge is 0.224 e. The lowest BCUT2D eigenvalue weighted by Gasteiger charge is -2.10. The molecule has 106 valence electrons. The molecular formula is C15H18ClN3O. The fourth-order valence-electron chi connectivity index (χ4n) is 1.87. The largest absolute Gasteiger partial charge is 0.439 e. The first-order chi connectivity index (χ1) is 9.62. The van der Waals surface area contributed by atoms with Gasteiger partial charge in [-0.3, -0.25) is 0 Å². The van der Waals surface area contributed by atoms with Crippen molar-refractivity contribution >= 4 is 17.4 Å². The summed E-state index contributed by atoms with van der Waals surface area (Å²) in [5.74, 6) is 2.69. The summed E-state index contributed by atoms with van der Waals surface area (Å²) in [4.78, 5) is 8.57. The molecule has 1 heterocycles. The maximum Gasteiger partial charge on any atom is 0.224 e. The van der Waals surface area contributed by atoms with E-state index in [2.05, 4.69) is 22.2 Å². The van der Waals surface area contributed by atoms with Crippen LogP contribution in [0.15, 0.2) is 24.3 Å². The quantitative estimate of drug-likeness (QED) is 0.896. The summed E-state index contributed by atoms with van der Waals surface area (Å²) >= 11 is 6.10. The predicted octanol–water partition coefficient (Wildman–Crippen LogP) is 4.22. The van der Waals surface area contributed by atoms with Gasteiger partial charge >= 0.3 is 0 Å². The Morgan fingerprint density at radius 1 is 1.20 bits per heavy atom. The second-order valence-electron chi connectivity index (χ2n) is 4.38. The molecule has 1 aromatic carbocycles. The van der Waals surface area contributed by atoms with Crippen molar-refractivity contribution in [1.29, 1.82) is 0 Å². The van der Waals surface area contributed by atoms with Crippen molar-refractivity contribution in [1.82, 2.24) is 9.97 Å². The SMILES string of the molecule is CCNc1cc(Oc2ccc(Cl)c(CC)c2)nc(C)n1. The number of anilines is 1. The number of halogens is 1. The normalized spacial score (nSPS) is 10.4. The molecule has 2 rings (SSSR count). The van der Waals surface area contributed by atoms with Crippen LogP contribution in [0, 0.1) is 6.92 Å². The molecule has 0 aliphatic carbocycles. The van der Waals surface area contributed by atoms with Crippen LogP contribution in [0.4, 0.5) is 5.82 Å². The number of rotatable bonds is 5. The number of ether oxygens (including phenoxy) is 1. The topological polar surface area (TPSA) is 47.0 Å². The van der Waals surface area contributed by atoms with E-state index >= 15 is 0 Å². The molecule has 1 N–H and O–H groups in total. The summed E-state index contributed by atoms with van der Waals surface area (Å²) < 4.78 is 5.79. The highest BCUT2D eigenvalue weighted by Crippen LogP contribution is 2.26. The molecule has 0 atom stereocenters. The Hall–Kier alpha value is -1.81. The van der Waals surface area contributed by atoms with Gasteiger partial charge in [0.05, 0.1) is 0 Å². The first-order valence-corrected chi connectivity index (χ1v) is 7.06. The van der Waals surface area contributed by atoms with E-state index in [-0.39, 0.29) is 0 Å². The predicted molar refractivity (Wildman–Crippen MR) is 81.8 cm³/mol. The van der Waals surface area contributed by atoms with Gasteiger partial charge in [-0.1, -0.05) is 18.5 Å². The molecule has 0 amide bonds. The third-order valence-electron chi connectivity index (χ3n) is 2.79. The van der Waals surface area contributed by atoms with Crippen LogP contribution in [0.25, 0.3) is 0 Å². The zero-order valence-electron chi connectivity index (χ0n) is 11.9. The Morgan fingerprint density at radius 3 is 2.70 bits per heavy atom. The molecule has 0 spiro atoms. The molecule has 0 saturated carbocycles. The standard InChI is InChI=1S/C15H18ClN3O/c1-4-11-8-12(6-7-13(11)16)20-15-9-14(17-5-2)18-10(3)19-15/h6-9H,4-5H2,1-3H3,(H,17,18,19). The number of nitrogens with zero attached hydrogens (tertiary/aromatic N) is 2. The molecule has 0 fully saturated rings. The average Bonchev–Trinajstić information content (AvgIpc) is 2.40. The second kappa shape index (κ2) is 6.57. The second-order valence-corrected chi connectivity index (χ2v) is 4.78. The summed E-state index contributed by atoms with van der Waals surface area (Å²) in [6.07, 6.45) is 0.863. The maximum absolute atomic E-state index is 6.10. The van der Waals surface area contributed by atoms with Crippen LogP contribution in [0.1, 0.15) is 25.2 Å². The summed E-state index contributed by atoms with van der Waals surface area (Å²) in [5.41, 5.74) is 1.06. The van der Waals surface area contributed by atoms with E-state index in [0.717, 1.165) is 35.1 Å². The fourth-order valence-corrected chi connectivity index (χ4v) is 2.12. The zero-order chi connectivity index (χ0) is 14.5. The van der Waals surface area contributed by atoms with Crippen LogP contribution in [-0.2, 0) is 6.42 Å². The molecule has 0 aliphatic rings. The minimum atomic E-state index is 0.526. The van der Waals surface area contributed by atoms with Gasteiger partial charge in [0.25, 0.3) is 0 Å². The molecular weight excluding hydrogens is 274 g/mol. The molecule has 20 heavy (non-hydrogen) atoms. The van der Waals surface area contributed by atoms with Gasteiger partial charge in [-0.15, -0.1) is 0 Å². The van der Waals surface area contributed by atoms with E-state index in [1.165, 1.54) is 0 Å². The van der Waals surface area contributed by atoms with Crippen molar-refractivity contribution in [3.05, 3.63) is 40.7 Å². The maximum atomic E-state index is 6.10. The number of hydrogen-bond acceptors (Lipinski definition) is 4. The van der Waals surface area contributed by atoms with Gasteiger partial charge in [0, 0.05) is 17.6 Å². The van der Waals surface area contributed by atoms with Gasteiger partial charge in [0.1, 0.15) is 17.4 Å². The highest BCUT2D eigenvalue weighted by atomic mass is 35.5. The summed E-state index contributed by atoms with van der Waals surface area (Å²) in [6.45, 7) is 6.72. The van der Waals surface area contributed by atoms with Gasteiger partial charge in [-0.2, -0.15) is 4.98 Å². The number of aryl methyl sites for hydroxylation is 2. The Kier molecular flexibility index (Phi) is 4.79. The van der Waals surface area contributed by atoms with Crippen molar-refractivity contribution in [3.8, 4) is 11.6 Å². The molecule has 5 heteroatoms. The summed E-state index contributed by atoms with van der Waals surface area (Å²) in [6, 6.07) is 7.41. The Labute approximate surface area is 124 Å². The minimum Gasteiger partial charge on any atom is -0.439 e. The van der Waals surface area contributed by atoms with Crippen LogP contribution in [0.3, 0.4) is 0 Å². The van der Waals surface area contributed by atoms with Crippen LogP contribution in [0.5, 0.6) is 11.6 Å². The highest BCUT2D eigenvalue weighted by molar-refractivity contribution is 6.31. The Balaban J connectivity index is 2.25. The van der Waals surface area contributed by atoms with E-state index in [1.807, 2.05) is 32.0 Å². The van der Waals surface area contributed by atoms with Crippen LogP contribution in [0.2, 0.25) is 5.02 Å². The Morgan fingerprint density at radius 2 is 2.00 bits per heavy atom. The molecule has 0 radical (unpaired) electrons. The lowest BCUT2D eigenvalue weighted by Crippen LogP contribution is -2.02. The Bertz CT molecular complexity index is 602. The summed E-state index contributed by atoms with van der Waals surface area (Å²) in [5, 5.41) is 3.91. The van der Waals surface area contributed by atoms with Gasteiger partial charge in [-0.25, -0.2) is 4.98 Å². The van der Waals surface area contributed by atoms with Crippen LogP contribution >= 0.6 is 11.6 Å². The van der Waals surface area contributed by atoms with E-state index in [0.29, 0.717) is 11.7 Å². The molecule has 0 bridgehead atoms. The van der Waals surface area contributed by atoms with Crippen molar-refractivity contribution < 1.29 is 4.74 Å². The van der Waals surface area contributed by atoms with Crippen LogP contribution in [-0.4, -0.2) is 16.5 Å². The van der Waals surface area contributed by atoms with Gasteiger partial charge in [-0.05, 0) is 44.0 Å². The van der Waals surface area contributed by atoms with E-state index < -0.39 is 0 Å². The average molecular weight is 292 g/mol. The monoisotopic (exact) mass is 291 g/mol. The summed E-state index contributed by atoms with van der Waals surface area (Å²) in [7, 11) is 0. The van der Waals surface area contributed by atoms with Crippen molar-refractivity contribution in [3.63, 3.8) is 0 Å². The van der Waals surface area contributed by atoms with Crippen molar-refractivity contribution in [2.75, 3.05) is 11.9 Å². The van der Waals surface area contributed by atoms with Gasteiger partial charge in [0.2, 0.25) is 5.88 Å². The molecule has 1 aromatic heterocycles. The van der Waals surface area contributed by atoms with E-state index in [1.54, 1.807) is 6.07 Å². The molecule has 0 unspecified atom stereocenters.